The van der Waals surface area contributed by atoms with Crippen molar-refractivity contribution in [2.75, 3.05) is 32.8 Å². The van der Waals surface area contributed by atoms with E-state index in [9.17, 15) is 13.2 Å². The molecule has 0 bridgehead atoms. The maximum absolute atomic E-state index is 12.8. The van der Waals surface area contributed by atoms with Crippen molar-refractivity contribution in [2.24, 2.45) is 0 Å². The second-order valence-corrected chi connectivity index (χ2v) is 8.03. The second kappa shape index (κ2) is 8.78. The predicted molar refractivity (Wildman–Crippen MR) is 97.1 cm³/mol. The molecule has 0 aliphatic carbocycles. The van der Waals surface area contributed by atoms with Gasteiger partial charge in [0.2, 0.25) is 10.0 Å². The van der Waals surface area contributed by atoms with Crippen LogP contribution in [0.1, 0.15) is 44.0 Å². The van der Waals surface area contributed by atoms with E-state index in [1.54, 1.807) is 36.9 Å². The molecule has 1 aliphatic rings. The minimum Gasteiger partial charge on any atom is -0.376 e. The highest BCUT2D eigenvalue weighted by atomic mass is 32.2. The van der Waals surface area contributed by atoms with Crippen molar-refractivity contribution in [1.82, 2.24) is 9.21 Å². The molecule has 0 spiro atoms. The standard InChI is InChI=1S/C18H28N2O4S/c1-4-19(14-16-10-8-12-24-16)18(21)15-9-7-11-17(13-15)25(22,23)20(5-2)6-3/h7,9,11,13,16H,4-6,8,10,12,14H2,1-3H3. The summed E-state index contributed by atoms with van der Waals surface area (Å²) in [5, 5.41) is 0. The lowest BCUT2D eigenvalue weighted by atomic mass is 10.1. The Labute approximate surface area is 150 Å². The third-order valence-electron chi connectivity index (χ3n) is 4.54. The Morgan fingerprint density at radius 1 is 1.20 bits per heavy atom. The number of rotatable bonds is 8. The summed E-state index contributed by atoms with van der Waals surface area (Å²) < 4.78 is 32.3. The monoisotopic (exact) mass is 368 g/mol. The second-order valence-electron chi connectivity index (χ2n) is 6.10. The zero-order valence-corrected chi connectivity index (χ0v) is 16.1. The van der Waals surface area contributed by atoms with Crippen LogP contribution in [-0.4, -0.2) is 62.4 Å². The van der Waals surface area contributed by atoms with Gasteiger partial charge >= 0.3 is 0 Å². The van der Waals surface area contributed by atoms with Gasteiger partial charge in [-0.15, -0.1) is 0 Å². The number of likely N-dealkylation sites (N-methyl/N-ethyl adjacent to an activating group) is 1. The van der Waals surface area contributed by atoms with Crippen molar-refractivity contribution in [2.45, 2.75) is 44.6 Å². The molecule has 0 radical (unpaired) electrons. The van der Waals surface area contributed by atoms with Crippen LogP contribution in [0.2, 0.25) is 0 Å². The fourth-order valence-corrected chi connectivity index (χ4v) is 4.58. The predicted octanol–water partition coefficient (Wildman–Crippen LogP) is 2.36. The van der Waals surface area contributed by atoms with Gasteiger partial charge in [-0.1, -0.05) is 19.9 Å². The summed E-state index contributed by atoms with van der Waals surface area (Å²) in [5.74, 6) is -0.158. The summed E-state index contributed by atoms with van der Waals surface area (Å²) in [7, 11) is -3.57. The first kappa shape index (κ1) is 19.9. The SMILES string of the molecule is CCN(CC1CCCO1)C(=O)c1cccc(S(=O)(=O)N(CC)CC)c1. The van der Waals surface area contributed by atoms with Crippen LogP contribution in [0.4, 0.5) is 0 Å². The third kappa shape index (κ3) is 4.59. The van der Waals surface area contributed by atoms with Crippen LogP contribution in [-0.2, 0) is 14.8 Å². The lowest BCUT2D eigenvalue weighted by molar-refractivity contribution is 0.0539. The number of sulfonamides is 1. The summed E-state index contributed by atoms with van der Waals surface area (Å²) in [6, 6.07) is 6.32. The minimum absolute atomic E-state index is 0.0755. The molecule has 1 amide bonds. The molecule has 6 nitrogen and oxygen atoms in total. The number of hydrogen-bond donors (Lipinski definition) is 0. The maximum Gasteiger partial charge on any atom is 0.253 e. The van der Waals surface area contributed by atoms with Crippen LogP contribution >= 0.6 is 0 Å². The van der Waals surface area contributed by atoms with Gasteiger partial charge in [-0.25, -0.2) is 8.42 Å². The number of carbonyl (C=O) groups excluding carboxylic acids is 1. The highest BCUT2D eigenvalue weighted by molar-refractivity contribution is 7.89. The Balaban J connectivity index is 2.22. The number of amides is 1. The van der Waals surface area contributed by atoms with Crippen LogP contribution in [0.5, 0.6) is 0 Å². The molecule has 140 valence electrons. The van der Waals surface area contributed by atoms with Gasteiger partial charge in [0, 0.05) is 38.3 Å². The number of hydrogen-bond acceptors (Lipinski definition) is 4. The number of benzene rings is 1. The molecule has 0 N–H and O–H groups in total. The summed E-state index contributed by atoms with van der Waals surface area (Å²) in [5.41, 5.74) is 0.396. The van der Waals surface area contributed by atoms with Crippen molar-refractivity contribution in [3.05, 3.63) is 29.8 Å². The van der Waals surface area contributed by atoms with E-state index in [2.05, 4.69) is 0 Å². The molecule has 0 aromatic heterocycles. The molecule has 1 aromatic rings. The molecule has 7 heteroatoms. The smallest absolute Gasteiger partial charge is 0.253 e. The van der Waals surface area contributed by atoms with E-state index in [1.807, 2.05) is 6.92 Å². The molecule has 1 aromatic carbocycles. The molecule has 2 rings (SSSR count). The van der Waals surface area contributed by atoms with Crippen LogP contribution in [0.15, 0.2) is 29.2 Å². The first-order chi connectivity index (χ1) is 11.9. The Kier molecular flexibility index (Phi) is 6.98. The Morgan fingerprint density at radius 3 is 2.48 bits per heavy atom. The maximum atomic E-state index is 12.8. The molecule has 1 heterocycles. The Morgan fingerprint density at radius 2 is 1.92 bits per heavy atom. The van der Waals surface area contributed by atoms with Crippen molar-refractivity contribution >= 4 is 15.9 Å². The molecule has 25 heavy (non-hydrogen) atoms. The van der Waals surface area contributed by atoms with Gasteiger partial charge < -0.3 is 9.64 Å². The van der Waals surface area contributed by atoms with Gasteiger partial charge in [-0.05, 0) is 38.0 Å². The lowest BCUT2D eigenvalue weighted by Gasteiger charge is -2.24. The molecule has 1 unspecified atom stereocenters. The van der Waals surface area contributed by atoms with Crippen LogP contribution in [0.3, 0.4) is 0 Å². The van der Waals surface area contributed by atoms with Crippen LogP contribution < -0.4 is 0 Å². The van der Waals surface area contributed by atoms with E-state index in [4.69, 9.17) is 4.74 Å². The molecule has 1 saturated heterocycles. The Bertz CT molecular complexity index is 680. The van der Waals surface area contributed by atoms with Crippen molar-refractivity contribution < 1.29 is 17.9 Å². The van der Waals surface area contributed by atoms with Crippen LogP contribution in [0.25, 0.3) is 0 Å². The number of carbonyl (C=O) groups is 1. The summed E-state index contributed by atoms with van der Waals surface area (Å²) in [6.07, 6.45) is 2.06. The number of ether oxygens (including phenoxy) is 1. The average Bonchev–Trinajstić information content (AvgIpc) is 3.13. The summed E-state index contributed by atoms with van der Waals surface area (Å²) >= 11 is 0. The van der Waals surface area contributed by atoms with E-state index in [0.717, 1.165) is 19.4 Å². The Hall–Kier alpha value is -1.44. The molecular formula is C18H28N2O4S. The third-order valence-corrected chi connectivity index (χ3v) is 6.59. The van der Waals surface area contributed by atoms with E-state index < -0.39 is 10.0 Å². The molecule has 1 atom stereocenters. The molecule has 0 saturated carbocycles. The van der Waals surface area contributed by atoms with E-state index in [-0.39, 0.29) is 16.9 Å². The van der Waals surface area contributed by atoms with Gasteiger partial charge in [-0.3, -0.25) is 4.79 Å². The topological polar surface area (TPSA) is 66.9 Å². The largest absolute Gasteiger partial charge is 0.376 e. The van der Waals surface area contributed by atoms with Crippen LogP contribution in [0, 0.1) is 0 Å². The fraction of sp³-hybridized carbons (Fsp3) is 0.611. The van der Waals surface area contributed by atoms with Crippen molar-refractivity contribution in [3.63, 3.8) is 0 Å². The zero-order valence-electron chi connectivity index (χ0n) is 15.3. The number of nitrogens with zero attached hydrogens (tertiary/aromatic N) is 2. The van der Waals surface area contributed by atoms with E-state index >= 15 is 0 Å². The highest BCUT2D eigenvalue weighted by Gasteiger charge is 2.25. The van der Waals surface area contributed by atoms with Crippen molar-refractivity contribution in [1.29, 1.82) is 0 Å². The fourth-order valence-electron chi connectivity index (χ4n) is 3.07. The van der Waals surface area contributed by atoms with Gasteiger partial charge in [0.15, 0.2) is 0 Å². The van der Waals surface area contributed by atoms with Gasteiger partial charge in [-0.2, -0.15) is 4.31 Å². The lowest BCUT2D eigenvalue weighted by Crippen LogP contribution is -2.37. The first-order valence-corrected chi connectivity index (χ1v) is 10.4. The molecule has 1 aliphatic heterocycles. The first-order valence-electron chi connectivity index (χ1n) is 8.95. The molecule has 1 fully saturated rings. The summed E-state index contributed by atoms with van der Waals surface area (Å²) in [6.45, 7) is 8.17. The van der Waals surface area contributed by atoms with Crippen molar-refractivity contribution in [3.8, 4) is 0 Å². The quantitative estimate of drug-likeness (QED) is 0.706. The van der Waals surface area contributed by atoms with Gasteiger partial charge in [0.25, 0.3) is 5.91 Å². The van der Waals surface area contributed by atoms with E-state index in [1.165, 1.54) is 10.4 Å². The van der Waals surface area contributed by atoms with Gasteiger partial charge in [0.1, 0.15) is 0 Å². The highest BCUT2D eigenvalue weighted by Crippen LogP contribution is 2.19. The average molecular weight is 368 g/mol. The summed E-state index contributed by atoms with van der Waals surface area (Å²) in [4.78, 5) is 14.7. The van der Waals surface area contributed by atoms with E-state index in [0.29, 0.717) is 31.7 Å². The minimum atomic E-state index is -3.57. The molecular weight excluding hydrogens is 340 g/mol. The zero-order chi connectivity index (χ0) is 18.4. The van der Waals surface area contributed by atoms with Gasteiger partial charge in [0.05, 0.1) is 11.0 Å². The normalized spacial score (nSPS) is 17.8.